The zero-order valence-corrected chi connectivity index (χ0v) is 17.9. The number of aromatic nitrogens is 4. The van der Waals surface area contributed by atoms with Gasteiger partial charge in [-0.1, -0.05) is 29.5 Å². The molecule has 0 radical (unpaired) electrons. The molecule has 1 atom stereocenters. The van der Waals surface area contributed by atoms with Crippen molar-refractivity contribution in [2.45, 2.75) is 25.8 Å². The number of fused-ring (bicyclic) bond motifs is 3. The predicted molar refractivity (Wildman–Crippen MR) is 119 cm³/mol. The third-order valence-corrected chi connectivity index (χ3v) is 6.82. The van der Waals surface area contributed by atoms with E-state index in [1.807, 2.05) is 24.6 Å². The van der Waals surface area contributed by atoms with Gasteiger partial charge in [-0.25, -0.2) is 15.0 Å². The number of carbonyl (C=O) groups is 1. The topological polar surface area (TPSA) is 84.7 Å². The molecule has 1 amide bonds. The van der Waals surface area contributed by atoms with Crippen molar-refractivity contribution in [2.75, 3.05) is 13.1 Å². The van der Waals surface area contributed by atoms with Gasteiger partial charge in [0.1, 0.15) is 20.9 Å². The fourth-order valence-electron chi connectivity index (χ4n) is 4.07. The maximum Gasteiger partial charge on any atom is 0.223 e. The summed E-state index contributed by atoms with van der Waals surface area (Å²) in [6.07, 6.45) is 5.40. The van der Waals surface area contributed by atoms with Gasteiger partial charge in [-0.3, -0.25) is 4.79 Å². The maximum absolute atomic E-state index is 12.6. The van der Waals surface area contributed by atoms with Crippen molar-refractivity contribution in [3.8, 4) is 10.6 Å². The number of carbonyl (C=O) groups excluding carboxylic acids is 1. The average molecular weight is 421 g/mol. The Labute approximate surface area is 178 Å². The first kappa shape index (κ1) is 19.1. The maximum atomic E-state index is 12.6. The van der Waals surface area contributed by atoms with Crippen LogP contribution in [0.2, 0.25) is 0 Å². The summed E-state index contributed by atoms with van der Waals surface area (Å²) in [4.78, 5) is 27.3. The standard InChI is InChI=1S/C22H24N6OS/c1-13(26-20(29)14-6-8-23-9-7-14)15-4-3-5-16(10-15)21-27-18-19-17(25-12-28(19)2)11-24-22(18)30-21/h3-5,10-14,23H,6-9H2,1-2H3,(H,26,29)/t13-/m0/s1. The van der Waals surface area contributed by atoms with E-state index >= 15 is 0 Å². The molecule has 0 spiro atoms. The molecule has 1 aliphatic rings. The van der Waals surface area contributed by atoms with Crippen LogP contribution in [0.1, 0.15) is 31.4 Å². The monoisotopic (exact) mass is 420 g/mol. The number of amides is 1. The first-order chi connectivity index (χ1) is 14.6. The normalized spacial score (nSPS) is 16.2. The number of hydrogen-bond donors (Lipinski definition) is 2. The van der Waals surface area contributed by atoms with Crippen molar-refractivity contribution in [2.24, 2.45) is 13.0 Å². The Morgan fingerprint density at radius 1 is 1.30 bits per heavy atom. The van der Waals surface area contributed by atoms with Gasteiger partial charge in [-0.15, -0.1) is 0 Å². The Hall–Kier alpha value is -2.84. The lowest BCUT2D eigenvalue weighted by Crippen LogP contribution is -2.39. The molecule has 0 bridgehead atoms. The van der Waals surface area contributed by atoms with Crippen LogP contribution in [0.15, 0.2) is 36.8 Å². The third kappa shape index (κ3) is 3.46. The molecule has 1 saturated heterocycles. The number of nitrogens with one attached hydrogen (secondary N) is 2. The van der Waals surface area contributed by atoms with Gasteiger partial charge in [0.2, 0.25) is 5.91 Å². The van der Waals surface area contributed by atoms with Crippen molar-refractivity contribution in [1.82, 2.24) is 30.2 Å². The predicted octanol–water partition coefficient (Wildman–Crippen LogP) is 3.42. The van der Waals surface area contributed by atoms with Crippen LogP contribution in [0.3, 0.4) is 0 Å². The molecule has 154 valence electrons. The van der Waals surface area contributed by atoms with Gasteiger partial charge in [-0.05, 0) is 44.5 Å². The van der Waals surface area contributed by atoms with Crippen LogP contribution >= 0.6 is 11.3 Å². The molecular weight excluding hydrogens is 396 g/mol. The van der Waals surface area contributed by atoms with Gasteiger partial charge in [0.25, 0.3) is 0 Å². The highest BCUT2D eigenvalue weighted by atomic mass is 32.1. The Balaban J connectivity index is 1.42. The lowest BCUT2D eigenvalue weighted by Gasteiger charge is -2.24. The number of thiazole rings is 1. The molecule has 3 aromatic heterocycles. The smallest absolute Gasteiger partial charge is 0.223 e. The Bertz CT molecular complexity index is 1220. The lowest BCUT2D eigenvalue weighted by molar-refractivity contribution is -0.126. The summed E-state index contributed by atoms with van der Waals surface area (Å²) in [7, 11) is 1.97. The summed E-state index contributed by atoms with van der Waals surface area (Å²) in [5.41, 5.74) is 4.85. The van der Waals surface area contributed by atoms with Gasteiger partial charge in [0.15, 0.2) is 0 Å². The summed E-state index contributed by atoms with van der Waals surface area (Å²) >= 11 is 1.58. The average Bonchev–Trinajstić information content (AvgIpc) is 3.38. The van der Waals surface area contributed by atoms with E-state index in [-0.39, 0.29) is 17.9 Å². The van der Waals surface area contributed by atoms with E-state index in [0.29, 0.717) is 0 Å². The lowest BCUT2D eigenvalue weighted by atomic mass is 9.96. The minimum Gasteiger partial charge on any atom is -0.349 e. The number of rotatable bonds is 4. The second-order valence-corrected chi connectivity index (χ2v) is 8.88. The van der Waals surface area contributed by atoms with Crippen molar-refractivity contribution < 1.29 is 4.79 Å². The highest BCUT2D eigenvalue weighted by Crippen LogP contribution is 2.33. The molecule has 30 heavy (non-hydrogen) atoms. The zero-order chi connectivity index (χ0) is 20.7. The summed E-state index contributed by atoms with van der Waals surface area (Å²) < 4.78 is 1.98. The van der Waals surface area contributed by atoms with Gasteiger partial charge >= 0.3 is 0 Å². The van der Waals surface area contributed by atoms with Gasteiger partial charge in [0, 0.05) is 18.5 Å². The molecule has 0 aliphatic carbocycles. The molecule has 4 aromatic rings. The molecule has 4 heterocycles. The SMILES string of the molecule is C[C@H](NC(=O)C1CCNCC1)c1cccc(-c2nc3c(ncc4ncn(C)c43)s2)c1. The Kier molecular flexibility index (Phi) is 4.96. The molecule has 2 N–H and O–H groups in total. The van der Waals surface area contributed by atoms with Crippen LogP contribution in [-0.4, -0.2) is 38.5 Å². The number of hydrogen-bond acceptors (Lipinski definition) is 6. The van der Waals surface area contributed by atoms with E-state index in [9.17, 15) is 4.79 Å². The molecule has 7 nitrogen and oxygen atoms in total. The van der Waals surface area contributed by atoms with E-state index < -0.39 is 0 Å². The summed E-state index contributed by atoms with van der Waals surface area (Å²) in [5.74, 6) is 0.255. The Morgan fingerprint density at radius 3 is 2.97 bits per heavy atom. The fraction of sp³-hybridized carbons (Fsp3) is 0.364. The molecule has 8 heteroatoms. The number of imidazole rings is 1. The molecule has 1 aliphatic heterocycles. The summed E-state index contributed by atoms with van der Waals surface area (Å²) in [5, 5.41) is 7.42. The third-order valence-electron chi connectivity index (χ3n) is 5.81. The molecule has 0 saturated carbocycles. The van der Waals surface area contributed by atoms with Crippen molar-refractivity contribution >= 4 is 38.6 Å². The molecule has 0 unspecified atom stereocenters. The van der Waals surface area contributed by atoms with E-state index in [0.717, 1.165) is 63.4 Å². The van der Waals surface area contributed by atoms with Crippen LogP contribution in [0.4, 0.5) is 0 Å². The van der Waals surface area contributed by atoms with Crippen LogP contribution < -0.4 is 10.6 Å². The van der Waals surface area contributed by atoms with E-state index in [4.69, 9.17) is 4.98 Å². The van der Waals surface area contributed by atoms with E-state index in [2.05, 4.69) is 38.8 Å². The number of nitrogens with zero attached hydrogens (tertiary/aromatic N) is 4. The number of benzene rings is 1. The minimum atomic E-state index is -0.0522. The van der Waals surface area contributed by atoms with Gasteiger partial charge in [-0.2, -0.15) is 0 Å². The van der Waals surface area contributed by atoms with E-state index in [1.165, 1.54) is 0 Å². The first-order valence-corrected chi connectivity index (χ1v) is 11.1. The van der Waals surface area contributed by atoms with Gasteiger partial charge < -0.3 is 15.2 Å². The van der Waals surface area contributed by atoms with Crippen LogP contribution in [-0.2, 0) is 11.8 Å². The Morgan fingerprint density at radius 2 is 2.13 bits per heavy atom. The molecule has 1 aromatic carbocycles. The number of aryl methyl sites for hydroxylation is 1. The minimum absolute atomic E-state index is 0.0522. The number of piperidine rings is 1. The summed E-state index contributed by atoms with van der Waals surface area (Å²) in [6.45, 7) is 3.87. The molecule has 1 fully saturated rings. The first-order valence-electron chi connectivity index (χ1n) is 10.3. The quantitative estimate of drug-likeness (QED) is 0.528. The second-order valence-electron chi connectivity index (χ2n) is 7.90. The van der Waals surface area contributed by atoms with Crippen molar-refractivity contribution in [3.05, 3.63) is 42.4 Å². The molecular formula is C22H24N6OS. The van der Waals surface area contributed by atoms with Crippen molar-refractivity contribution in [3.63, 3.8) is 0 Å². The zero-order valence-electron chi connectivity index (χ0n) is 17.1. The van der Waals surface area contributed by atoms with Crippen LogP contribution in [0.5, 0.6) is 0 Å². The van der Waals surface area contributed by atoms with Gasteiger partial charge in [0.05, 0.1) is 24.1 Å². The number of pyridine rings is 1. The second kappa shape index (κ2) is 7.77. The summed E-state index contributed by atoms with van der Waals surface area (Å²) in [6, 6.07) is 8.21. The highest BCUT2D eigenvalue weighted by Gasteiger charge is 2.22. The van der Waals surface area contributed by atoms with Crippen molar-refractivity contribution in [1.29, 1.82) is 0 Å². The largest absolute Gasteiger partial charge is 0.349 e. The van der Waals surface area contributed by atoms with E-state index in [1.54, 1.807) is 23.9 Å². The van der Waals surface area contributed by atoms with Crippen LogP contribution in [0, 0.1) is 5.92 Å². The molecule has 5 rings (SSSR count). The van der Waals surface area contributed by atoms with Crippen LogP contribution in [0.25, 0.3) is 32.0 Å². The fourth-order valence-corrected chi connectivity index (χ4v) is 4.98. The highest BCUT2D eigenvalue weighted by molar-refractivity contribution is 7.21.